The van der Waals surface area contributed by atoms with Crippen LogP contribution in [0.25, 0.3) is 0 Å². The molecule has 0 spiro atoms. The lowest BCUT2D eigenvalue weighted by Crippen LogP contribution is -2.46. The van der Waals surface area contributed by atoms with E-state index in [1.807, 2.05) is 0 Å². The lowest BCUT2D eigenvalue weighted by atomic mass is 9.92. The Bertz CT molecular complexity index is 634. The molecule has 1 aromatic rings. The molecule has 7 nitrogen and oxygen atoms in total. The molecule has 2 aliphatic rings. The first-order valence-electron chi connectivity index (χ1n) is 7.83. The van der Waals surface area contributed by atoms with Crippen molar-refractivity contribution >= 4 is 17.3 Å². The number of nitrogens with zero attached hydrogens (tertiary/aromatic N) is 3. The van der Waals surface area contributed by atoms with Gasteiger partial charge < -0.3 is 14.5 Å². The van der Waals surface area contributed by atoms with Crippen molar-refractivity contribution in [2.75, 3.05) is 38.7 Å². The maximum absolute atomic E-state index is 11.9. The zero-order chi connectivity index (χ0) is 16.6. The van der Waals surface area contributed by atoms with Crippen molar-refractivity contribution in [3.8, 4) is 0 Å². The van der Waals surface area contributed by atoms with Crippen LogP contribution in [0, 0.1) is 16.0 Å². The molecule has 3 rings (SSSR count). The molecule has 0 aliphatic carbocycles. The molecule has 0 radical (unpaired) electrons. The van der Waals surface area contributed by atoms with Crippen LogP contribution in [0.5, 0.6) is 0 Å². The fourth-order valence-electron chi connectivity index (χ4n) is 3.75. The third kappa shape index (κ3) is 2.88. The van der Waals surface area contributed by atoms with Crippen LogP contribution in [0.3, 0.4) is 0 Å². The van der Waals surface area contributed by atoms with Gasteiger partial charge in [-0.15, -0.1) is 0 Å². The molecule has 7 heteroatoms. The molecule has 124 valence electrons. The number of benzene rings is 1. The van der Waals surface area contributed by atoms with Crippen molar-refractivity contribution in [1.82, 2.24) is 4.90 Å². The van der Waals surface area contributed by atoms with E-state index in [0.29, 0.717) is 12.0 Å². The molecule has 2 aliphatic heterocycles. The Kier molecular flexibility index (Phi) is 4.21. The van der Waals surface area contributed by atoms with E-state index in [4.69, 9.17) is 4.74 Å². The van der Waals surface area contributed by atoms with Crippen LogP contribution >= 0.6 is 0 Å². The van der Waals surface area contributed by atoms with Gasteiger partial charge >= 0.3 is 5.97 Å². The highest BCUT2D eigenvalue weighted by Crippen LogP contribution is 2.36. The predicted octanol–water partition coefficient (Wildman–Crippen LogP) is 1.91. The van der Waals surface area contributed by atoms with Gasteiger partial charge in [0.05, 0.1) is 12.0 Å². The maximum atomic E-state index is 11.9. The van der Waals surface area contributed by atoms with Crippen molar-refractivity contribution in [1.29, 1.82) is 0 Å². The second-order valence-corrected chi connectivity index (χ2v) is 6.31. The molecule has 23 heavy (non-hydrogen) atoms. The minimum Gasteiger partial charge on any atom is -0.465 e. The first-order valence-corrected chi connectivity index (χ1v) is 7.83. The van der Waals surface area contributed by atoms with Gasteiger partial charge in [-0.3, -0.25) is 10.1 Å². The van der Waals surface area contributed by atoms with Gasteiger partial charge in [-0.1, -0.05) is 0 Å². The maximum Gasteiger partial charge on any atom is 0.344 e. The molecule has 0 N–H and O–H groups in total. The van der Waals surface area contributed by atoms with E-state index in [2.05, 4.69) is 16.8 Å². The van der Waals surface area contributed by atoms with Gasteiger partial charge in [0.15, 0.2) is 0 Å². The highest BCUT2D eigenvalue weighted by Gasteiger charge is 2.38. The number of hydrogen-bond acceptors (Lipinski definition) is 6. The molecule has 2 saturated heterocycles. The molecular weight excluding hydrogens is 298 g/mol. The van der Waals surface area contributed by atoms with Crippen molar-refractivity contribution in [3.05, 3.63) is 33.9 Å². The Morgan fingerprint density at radius 2 is 2.09 bits per heavy atom. The number of fused-ring (bicyclic) bond motifs is 1. The molecule has 2 heterocycles. The van der Waals surface area contributed by atoms with Crippen molar-refractivity contribution < 1.29 is 14.5 Å². The van der Waals surface area contributed by atoms with Crippen LogP contribution in [-0.2, 0) is 4.74 Å². The average molecular weight is 319 g/mol. The number of likely N-dealkylation sites (tertiary alicyclic amines) is 1. The Morgan fingerprint density at radius 1 is 1.35 bits per heavy atom. The highest BCUT2D eigenvalue weighted by molar-refractivity contribution is 5.95. The predicted molar refractivity (Wildman–Crippen MR) is 85.8 cm³/mol. The summed E-state index contributed by atoms with van der Waals surface area (Å²) in [6, 6.07) is 5.14. The average Bonchev–Trinajstić information content (AvgIpc) is 2.96. The minimum absolute atomic E-state index is 0.0163. The number of carbonyl (C=O) groups excluding carboxylic acids is 1. The van der Waals surface area contributed by atoms with E-state index < -0.39 is 10.9 Å². The Labute approximate surface area is 135 Å². The molecule has 2 atom stereocenters. The zero-order valence-electron chi connectivity index (χ0n) is 13.4. The van der Waals surface area contributed by atoms with Gasteiger partial charge in [0.2, 0.25) is 0 Å². The van der Waals surface area contributed by atoms with Crippen LogP contribution in [-0.4, -0.2) is 55.6 Å². The molecule has 2 fully saturated rings. The van der Waals surface area contributed by atoms with Gasteiger partial charge in [0.1, 0.15) is 5.56 Å². The monoisotopic (exact) mass is 319 g/mol. The van der Waals surface area contributed by atoms with Crippen LogP contribution in [0.15, 0.2) is 18.2 Å². The Morgan fingerprint density at radius 3 is 2.78 bits per heavy atom. The second kappa shape index (κ2) is 6.16. The van der Waals surface area contributed by atoms with E-state index in [1.165, 1.54) is 19.6 Å². The summed E-state index contributed by atoms with van der Waals surface area (Å²) in [5.41, 5.74) is 0.665. The second-order valence-electron chi connectivity index (χ2n) is 6.31. The molecule has 0 unspecified atom stereocenters. The molecule has 0 saturated carbocycles. The summed E-state index contributed by atoms with van der Waals surface area (Å²) in [5.74, 6) is -0.0157. The van der Waals surface area contributed by atoms with Crippen LogP contribution < -0.4 is 4.90 Å². The van der Waals surface area contributed by atoms with E-state index >= 15 is 0 Å². The first-order chi connectivity index (χ1) is 11.0. The standard InChI is InChI=1S/C16H21N3O4/c1-17-7-5-11-6-8-18(15(11)10-17)12-3-4-14(19(21)22)13(9-12)16(20)23-2/h3-4,9,11,15H,5-8,10H2,1-2H3/t11-,15-/m0/s1. The van der Waals surface area contributed by atoms with Gasteiger partial charge in [-0.2, -0.15) is 0 Å². The number of anilines is 1. The molecule has 0 bridgehead atoms. The van der Waals surface area contributed by atoms with Gasteiger partial charge in [-0.05, 0) is 44.5 Å². The lowest BCUT2D eigenvalue weighted by molar-refractivity contribution is -0.385. The number of rotatable bonds is 3. The zero-order valence-corrected chi connectivity index (χ0v) is 13.4. The number of ether oxygens (including phenoxy) is 1. The molecule has 0 aromatic heterocycles. The summed E-state index contributed by atoms with van der Waals surface area (Å²) < 4.78 is 4.70. The van der Waals surface area contributed by atoms with E-state index in [9.17, 15) is 14.9 Å². The van der Waals surface area contributed by atoms with Crippen molar-refractivity contribution in [3.63, 3.8) is 0 Å². The molecular formula is C16H21N3O4. The minimum atomic E-state index is -0.671. The van der Waals surface area contributed by atoms with Crippen LogP contribution in [0.1, 0.15) is 23.2 Å². The summed E-state index contributed by atoms with van der Waals surface area (Å²) in [6.07, 6.45) is 2.30. The Balaban J connectivity index is 1.94. The van der Waals surface area contributed by atoms with Gasteiger partial charge in [0.25, 0.3) is 5.69 Å². The van der Waals surface area contributed by atoms with E-state index in [-0.39, 0.29) is 11.3 Å². The number of nitro groups is 1. The first kappa shape index (κ1) is 15.7. The molecule has 1 aromatic carbocycles. The quantitative estimate of drug-likeness (QED) is 0.481. The summed E-state index contributed by atoms with van der Waals surface area (Å²) in [7, 11) is 3.35. The number of esters is 1. The summed E-state index contributed by atoms with van der Waals surface area (Å²) in [4.78, 5) is 27.1. The highest BCUT2D eigenvalue weighted by atomic mass is 16.6. The smallest absolute Gasteiger partial charge is 0.344 e. The summed E-state index contributed by atoms with van der Waals surface area (Å²) in [6.45, 7) is 3.01. The topological polar surface area (TPSA) is 75.9 Å². The third-order valence-electron chi connectivity index (χ3n) is 4.98. The van der Waals surface area contributed by atoms with Gasteiger partial charge in [-0.25, -0.2) is 4.79 Å². The van der Waals surface area contributed by atoms with Crippen LogP contribution in [0.4, 0.5) is 11.4 Å². The normalized spacial score (nSPS) is 24.3. The number of likely N-dealkylation sites (N-methyl/N-ethyl adjacent to an activating group) is 1. The van der Waals surface area contributed by atoms with Crippen LogP contribution in [0.2, 0.25) is 0 Å². The summed E-state index contributed by atoms with van der Waals surface area (Å²) in [5, 5.41) is 11.1. The number of methoxy groups -OCH3 is 1. The SMILES string of the molecule is COC(=O)c1cc(N2CC[C@@H]3CCN(C)C[C@@H]32)ccc1[N+](=O)[O-]. The fraction of sp³-hybridized carbons (Fsp3) is 0.562. The Hall–Kier alpha value is -2.15. The number of nitro benzene ring substituents is 1. The number of piperidine rings is 1. The summed E-state index contributed by atoms with van der Waals surface area (Å²) >= 11 is 0. The van der Waals surface area contributed by atoms with E-state index in [0.717, 1.165) is 31.7 Å². The van der Waals surface area contributed by atoms with E-state index in [1.54, 1.807) is 12.1 Å². The van der Waals surface area contributed by atoms with Crippen molar-refractivity contribution in [2.45, 2.75) is 18.9 Å². The largest absolute Gasteiger partial charge is 0.465 e. The molecule has 0 amide bonds. The third-order valence-corrected chi connectivity index (χ3v) is 4.98. The van der Waals surface area contributed by atoms with Crippen molar-refractivity contribution in [2.24, 2.45) is 5.92 Å². The van der Waals surface area contributed by atoms with Gasteiger partial charge in [0, 0.05) is 30.9 Å². The fourth-order valence-corrected chi connectivity index (χ4v) is 3.75. The number of hydrogen-bond donors (Lipinski definition) is 0. The number of carbonyl (C=O) groups is 1. The lowest BCUT2D eigenvalue weighted by Gasteiger charge is -2.37.